The van der Waals surface area contributed by atoms with Crippen molar-refractivity contribution in [3.05, 3.63) is 12.7 Å². The van der Waals surface area contributed by atoms with Gasteiger partial charge in [-0.3, -0.25) is 4.79 Å². The monoisotopic (exact) mass is 253 g/mol. The molecule has 0 saturated carbocycles. The van der Waals surface area contributed by atoms with E-state index in [-0.39, 0.29) is 6.54 Å². The van der Waals surface area contributed by atoms with Gasteiger partial charge in [-0.2, -0.15) is 0 Å². The van der Waals surface area contributed by atoms with Crippen molar-refractivity contribution in [2.24, 2.45) is 5.73 Å². The summed E-state index contributed by atoms with van der Waals surface area (Å²) in [6, 6.07) is -0.972. The van der Waals surface area contributed by atoms with E-state index in [1.165, 1.54) is 24.4 Å². The number of nitrogens with zero attached hydrogens (tertiary/aromatic N) is 4. The number of hydrogen-bond acceptors (Lipinski definition) is 6. The fourth-order valence-corrected chi connectivity index (χ4v) is 1.92. The number of carboxylic acid groups (broad SMARTS) is 1. The molecule has 0 spiro atoms. The van der Waals surface area contributed by atoms with Crippen LogP contribution in [0.5, 0.6) is 0 Å². The molecule has 3 N–H and O–H groups in total. The predicted molar refractivity (Wildman–Crippen MR) is 62.7 cm³/mol. The average molecular weight is 253 g/mol. The van der Waals surface area contributed by atoms with Crippen LogP contribution in [-0.2, 0) is 11.3 Å². The second kappa shape index (κ2) is 4.68. The van der Waals surface area contributed by atoms with Gasteiger partial charge in [-0.25, -0.2) is 15.0 Å². The molecule has 0 unspecified atom stereocenters. The zero-order chi connectivity index (χ0) is 12.4. The third-order valence-electron chi connectivity index (χ3n) is 2.27. The zero-order valence-electron chi connectivity index (χ0n) is 9.07. The molecular formula is C9H11N5O2S. The van der Waals surface area contributed by atoms with Crippen LogP contribution in [0, 0.1) is 0 Å². The summed E-state index contributed by atoms with van der Waals surface area (Å²) in [6.45, 7) is 0.136. The SMILES string of the molecule is CSc1ncnc2c1ncn2C[C@H](N)C(=O)O. The number of aromatic nitrogens is 4. The second-order valence-electron chi connectivity index (χ2n) is 3.40. The Balaban J connectivity index is 2.40. The molecule has 0 bridgehead atoms. The van der Waals surface area contributed by atoms with Crippen LogP contribution in [0.2, 0.25) is 0 Å². The van der Waals surface area contributed by atoms with Crippen molar-refractivity contribution in [2.75, 3.05) is 6.26 Å². The summed E-state index contributed by atoms with van der Waals surface area (Å²) < 4.78 is 1.62. The molecule has 0 fully saturated rings. The van der Waals surface area contributed by atoms with Gasteiger partial charge < -0.3 is 15.4 Å². The van der Waals surface area contributed by atoms with Gasteiger partial charge in [0.2, 0.25) is 0 Å². The number of rotatable bonds is 4. The molecule has 2 aromatic heterocycles. The van der Waals surface area contributed by atoms with Crippen molar-refractivity contribution in [3.8, 4) is 0 Å². The molecule has 0 aromatic carbocycles. The lowest BCUT2D eigenvalue weighted by Gasteiger charge is -2.07. The largest absolute Gasteiger partial charge is 0.480 e. The van der Waals surface area contributed by atoms with Gasteiger partial charge in [0.25, 0.3) is 0 Å². The van der Waals surface area contributed by atoms with Crippen LogP contribution in [0.15, 0.2) is 17.7 Å². The van der Waals surface area contributed by atoms with E-state index in [9.17, 15) is 4.79 Å². The quantitative estimate of drug-likeness (QED) is 0.581. The molecule has 0 saturated heterocycles. The van der Waals surface area contributed by atoms with Crippen LogP contribution in [0.25, 0.3) is 11.2 Å². The van der Waals surface area contributed by atoms with E-state index in [0.717, 1.165) is 5.03 Å². The Bertz CT molecular complexity index is 555. The second-order valence-corrected chi connectivity index (χ2v) is 4.19. The number of carbonyl (C=O) groups is 1. The molecule has 0 aliphatic heterocycles. The zero-order valence-corrected chi connectivity index (χ0v) is 9.89. The van der Waals surface area contributed by atoms with Gasteiger partial charge in [-0.15, -0.1) is 11.8 Å². The lowest BCUT2D eigenvalue weighted by atomic mass is 10.3. The van der Waals surface area contributed by atoms with Gasteiger partial charge >= 0.3 is 5.97 Å². The van der Waals surface area contributed by atoms with E-state index < -0.39 is 12.0 Å². The Labute approximate surface area is 101 Å². The Morgan fingerprint density at radius 3 is 3.00 bits per heavy atom. The number of thioether (sulfide) groups is 1. The predicted octanol–water partition coefficient (Wildman–Crippen LogP) is -0.0399. The fourth-order valence-electron chi connectivity index (χ4n) is 1.43. The molecule has 0 aliphatic carbocycles. The van der Waals surface area contributed by atoms with Crippen LogP contribution in [0.3, 0.4) is 0 Å². The van der Waals surface area contributed by atoms with E-state index in [1.807, 2.05) is 6.26 Å². The van der Waals surface area contributed by atoms with E-state index >= 15 is 0 Å². The molecule has 2 aromatic rings. The highest BCUT2D eigenvalue weighted by Crippen LogP contribution is 2.20. The number of imidazole rings is 1. The molecule has 8 heteroatoms. The Hall–Kier alpha value is -1.67. The van der Waals surface area contributed by atoms with Crippen LogP contribution < -0.4 is 5.73 Å². The summed E-state index contributed by atoms with van der Waals surface area (Å²) in [5, 5.41) is 9.52. The van der Waals surface area contributed by atoms with Crippen LogP contribution in [-0.4, -0.2) is 42.9 Å². The summed E-state index contributed by atoms with van der Waals surface area (Å²) in [4.78, 5) is 23.0. The van der Waals surface area contributed by atoms with Crippen molar-refractivity contribution < 1.29 is 9.90 Å². The van der Waals surface area contributed by atoms with Crippen LogP contribution >= 0.6 is 11.8 Å². The summed E-state index contributed by atoms with van der Waals surface area (Å²) >= 11 is 1.46. The minimum atomic E-state index is -1.05. The van der Waals surface area contributed by atoms with E-state index in [4.69, 9.17) is 10.8 Å². The van der Waals surface area contributed by atoms with Gasteiger partial charge in [0, 0.05) is 0 Å². The van der Waals surface area contributed by atoms with Gasteiger partial charge in [0.05, 0.1) is 12.9 Å². The van der Waals surface area contributed by atoms with Gasteiger partial charge in [0.15, 0.2) is 5.65 Å². The first-order valence-electron chi connectivity index (χ1n) is 4.81. The molecule has 0 amide bonds. The van der Waals surface area contributed by atoms with E-state index in [1.54, 1.807) is 4.57 Å². The smallest absolute Gasteiger partial charge is 0.322 e. The van der Waals surface area contributed by atoms with Crippen molar-refractivity contribution in [1.82, 2.24) is 19.5 Å². The minimum absolute atomic E-state index is 0.136. The van der Waals surface area contributed by atoms with Crippen LogP contribution in [0.1, 0.15) is 0 Å². The third kappa shape index (κ3) is 2.22. The summed E-state index contributed by atoms with van der Waals surface area (Å²) in [6.07, 6.45) is 4.85. The molecule has 2 rings (SSSR count). The van der Waals surface area contributed by atoms with Gasteiger partial charge in [-0.1, -0.05) is 0 Å². The van der Waals surface area contributed by atoms with E-state index in [2.05, 4.69) is 15.0 Å². The number of carboxylic acids is 1. The van der Waals surface area contributed by atoms with Gasteiger partial charge in [0.1, 0.15) is 22.9 Å². The Morgan fingerprint density at radius 2 is 2.35 bits per heavy atom. The number of nitrogens with two attached hydrogens (primary N) is 1. The van der Waals surface area contributed by atoms with E-state index in [0.29, 0.717) is 11.2 Å². The first-order chi connectivity index (χ1) is 8.13. The average Bonchev–Trinajstić information content (AvgIpc) is 2.72. The molecule has 0 aliphatic rings. The molecule has 17 heavy (non-hydrogen) atoms. The van der Waals surface area contributed by atoms with Crippen molar-refractivity contribution in [1.29, 1.82) is 0 Å². The minimum Gasteiger partial charge on any atom is -0.480 e. The Kier molecular flexibility index (Phi) is 3.25. The normalized spacial score (nSPS) is 12.8. The molecule has 7 nitrogen and oxygen atoms in total. The fraction of sp³-hybridized carbons (Fsp3) is 0.333. The standard InChI is InChI=1S/C9H11N5O2S/c1-17-8-6-7(11-3-12-8)14(4-13-6)2-5(10)9(15)16/h3-5H,2,10H2,1H3,(H,15,16)/t5-/m0/s1. The number of hydrogen-bond donors (Lipinski definition) is 2. The first kappa shape index (κ1) is 11.8. The summed E-state index contributed by atoms with van der Waals surface area (Å²) in [5.74, 6) is -1.05. The Morgan fingerprint density at radius 1 is 1.59 bits per heavy atom. The first-order valence-corrected chi connectivity index (χ1v) is 6.04. The topological polar surface area (TPSA) is 107 Å². The number of fused-ring (bicyclic) bond motifs is 1. The van der Waals surface area contributed by atoms with Crippen molar-refractivity contribution in [2.45, 2.75) is 17.6 Å². The summed E-state index contributed by atoms with van der Waals surface area (Å²) in [7, 11) is 0. The summed E-state index contributed by atoms with van der Waals surface area (Å²) in [5.41, 5.74) is 6.74. The lowest BCUT2D eigenvalue weighted by Crippen LogP contribution is -2.34. The van der Waals surface area contributed by atoms with Crippen LogP contribution in [0.4, 0.5) is 0 Å². The molecular weight excluding hydrogens is 242 g/mol. The highest BCUT2D eigenvalue weighted by atomic mass is 32.2. The maximum absolute atomic E-state index is 10.7. The highest BCUT2D eigenvalue weighted by molar-refractivity contribution is 7.98. The van der Waals surface area contributed by atoms with Gasteiger partial charge in [-0.05, 0) is 6.26 Å². The molecule has 2 heterocycles. The molecule has 1 atom stereocenters. The molecule has 0 radical (unpaired) electrons. The van der Waals surface area contributed by atoms with Crippen molar-refractivity contribution in [3.63, 3.8) is 0 Å². The third-order valence-corrected chi connectivity index (χ3v) is 2.96. The maximum atomic E-state index is 10.7. The molecule has 90 valence electrons. The number of aliphatic carboxylic acids is 1. The maximum Gasteiger partial charge on any atom is 0.322 e. The van der Waals surface area contributed by atoms with Crippen molar-refractivity contribution >= 4 is 28.9 Å². The lowest BCUT2D eigenvalue weighted by molar-refractivity contribution is -0.138. The highest BCUT2D eigenvalue weighted by Gasteiger charge is 2.15.